The van der Waals surface area contributed by atoms with Crippen molar-refractivity contribution < 1.29 is 19.0 Å². The van der Waals surface area contributed by atoms with Crippen molar-refractivity contribution in [3.8, 4) is 0 Å². The summed E-state index contributed by atoms with van der Waals surface area (Å²) in [6, 6.07) is 14.8. The first-order valence-electron chi connectivity index (χ1n) is 9.33. The van der Waals surface area contributed by atoms with Gasteiger partial charge < -0.3 is 15.1 Å². The third-order valence-electron chi connectivity index (χ3n) is 5.18. The maximum atomic E-state index is 12.9. The van der Waals surface area contributed by atoms with E-state index in [4.69, 9.17) is 0 Å². The minimum Gasteiger partial charge on any atom is -0.347 e. The van der Waals surface area contributed by atoms with E-state index in [1.807, 2.05) is 0 Å². The summed E-state index contributed by atoms with van der Waals surface area (Å²) < 4.78 is 12.9. The molecule has 1 fully saturated rings. The molecule has 3 rings (SSSR count). The molecule has 0 aliphatic carbocycles. The fraction of sp³-hybridized carbons (Fsp3) is 0.381. The Morgan fingerprint density at radius 1 is 1.00 bits per heavy atom. The number of halogens is 1. The van der Waals surface area contributed by atoms with Crippen molar-refractivity contribution in [1.82, 2.24) is 5.32 Å². The van der Waals surface area contributed by atoms with Gasteiger partial charge in [-0.15, -0.1) is 0 Å². The quantitative estimate of drug-likeness (QED) is 0.655. The standard InChI is InChI=1S/C21H26FN3O/c1-17-4-2-3-5-19(17)15-24-10-12-25(13-11-24)16-21(26)23-14-18-6-8-20(22)9-7-18/h2-9H,10-16H2,1H3,(H,23,26)/p+2. The molecule has 2 aromatic rings. The number of amides is 1. The highest BCUT2D eigenvalue weighted by Crippen LogP contribution is 2.04. The van der Waals surface area contributed by atoms with E-state index < -0.39 is 0 Å². The summed E-state index contributed by atoms with van der Waals surface area (Å²) in [5.41, 5.74) is 3.69. The van der Waals surface area contributed by atoms with Crippen LogP contribution in [0.5, 0.6) is 0 Å². The minimum absolute atomic E-state index is 0.0617. The van der Waals surface area contributed by atoms with Crippen LogP contribution in [0, 0.1) is 12.7 Å². The number of piperazine rings is 1. The van der Waals surface area contributed by atoms with Gasteiger partial charge in [0.15, 0.2) is 6.54 Å². The van der Waals surface area contributed by atoms with Gasteiger partial charge >= 0.3 is 0 Å². The average molecular weight is 357 g/mol. The number of nitrogens with one attached hydrogen (secondary N) is 3. The summed E-state index contributed by atoms with van der Waals surface area (Å²) in [6.45, 7) is 8.43. The van der Waals surface area contributed by atoms with Crippen molar-refractivity contribution in [3.05, 3.63) is 71.0 Å². The number of hydrogen-bond acceptors (Lipinski definition) is 1. The number of benzene rings is 2. The molecule has 1 heterocycles. The Bertz CT molecular complexity index is 724. The molecular weight excluding hydrogens is 329 g/mol. The van der Waals surface area contributed by atoms with E-state index >= 15 is 0 Å². The van der Waals surface area contributed by atoms with Gasteiger partial charge in [-0.2, -0.15) is 0 Å². The van der Waals surface area contributed by atoms with E-state index in [-0.39, 0.29) is 11.7 Å². The van der Waals surface area contributed by atoms with Gasteiger partial charge in [-0.3, -0.25) is 4.79 Å². The van der Waals surface area contributed by atoms with Gasteiger partial charge in [-0.05, 0) is 30.2 Å². The number of rotatable bonds is 6. The van der Waals surface area contributed by atoms with Crippen LogP contribution in [0.25, 0.3) is 0 Å². The van der Waals surface area contributed by atoms with Crippen LogP contribution in [0.3, 0.4) is 0 Å². The Kier molecular flexibility index (Phi) is 6.36. The van der Waals surface area contributed by atoms with Crippen LogP contribution in [0.1, 0.15) is 16.7 Å². The lowest BCUT2D eigenvalue weighted by molar-refractivity contribution is -1.02. The molecule has 0 atom stereocenters. The van der Waals surface area contributed by atoms with Crippen LogP contribution in [0.4, 0.5) is 4.39 Å². The highest BCUT2D eigenvalue weighted by atomic mass is 19.1. The summed E-state index contributed by atoms with van der Waals surface area (Å²) in [7, 11) is 0. The summed E-state index contributed by atoms with van der Waals surface area (Å²) in [5.74, 6) is -0.192. The number of carbonyl (C=O) groups excluding carboxylic acids is 1. The first-order valence-corrected chi connectivity index (χ1v) is 9.33. The first-order chi connectivity index (χ1) is 12.6. The second-order valence-corrected chi connectivity index (χ2v) is 7.18. The molecule has 4 nitrogen and oxygen atoms in total. The minimum atomic E-state index is -0.254. The number of aryl methyl sites for hydroxylation is 1. The van der Waals surface area contributed by atoms with Crippen molar-refractivity contribution in [1.29, 1.82) is 0 Å². The molecule has 2 aromatic carbocycles. The van der Waals surface area contributed by atoms with Crippen molar-refractivity contribution >= 4 is 5.91 Å². The topological polar surface area (TPSA) is 38.0 Å². The van der Waals surface area contributed by atoms with Gasteiger partial charge in [0.2, 0.25) is 0 Å². The Labute approximate surface area is 154 Å². The first kappa shape index (κ1) is 18.5. The lowest BCUT2D eigenvalue weighted by Crippen LogP contribution is -3.28. The van der Waals surface area contributed by atoms with Crippen LogP contribution in [0.15, 0.2) is 48.5 Å². The molecule has 1 aliphatic heterocycles. The van der Waals surface area contributed by atoms with E-state index in [0.717, 1.165) is 38.3 Å². The monoisotopic (exact) mass is 357 g/mol. The lowest BCUT2D eigenvalue weighted by atomic mass is 10.1. The van der Waals surface area contributed by atoms with Gasteiger partial charge in [0.1, 0.15) is 38.5 Å². The normalized spacial score (nSPS) is 19.9. The largest absolute Gasteiger partial charge is 0.347 e. The van der Waals surface area contributed by atoms with Gasteiger partial charge in [-0.25, -0.2) is 4.39 Å². The molecular formula is C21H28FN3O+2. The molecule has 0 saturated carbocycles. The molecule has 0 aromatic heterocycles. The van der Waals surface area contributed by atoms with Gasteiger partial charge in [0.05, 0.1) is 0 Å². The molecule has 0 spiro atoms. The molecule has 0 radical (unpaired) electrons. The number of hydrogen-bond donors (Lipinski definition) is 3. The zero-order chi connectivity index (χ0) is 18.4. The van der Waals surface area contributed by atoms with Crippen LogP contribution < -0.4 is 15.1 Å². The molecule has 26 heavy (non-hydrogen) atoms. The zero-order valence-corrected chi connectivity index (χ0v) is 15.4. The molecule has 0 unspecified atom stereocenters. The Morgan fingerprint density at radius 3 is 2.35 bits per heavy atom. The maximum Gasteiger partial charge on any atom is 0.275 e. The summed E-state index contributed by atoms with van der Waals surface area (Å²) >= 11 is 0. The molecule has 3 N–H and O–H groups in total. The van der Waals surface area contributed by atoms with Crippen molar-refractivity contribution in [3.63, 3.8) is 0 Å². The Hall–Kier alpha value is -2.24. The molecule has 1 amide bonds. The smallest absolute Gasteiger partial charge is 0.275 e. The SMILES string of the molecule is Cc1ccccc1C[NH+]1CC[NH+](CC(=O)NCc2ccc(F)cc2)CC1. The third-order valence-corrected chi connectivity index (χ3v) is 5.18. The van der Waals surface area contributed by atoms with Crippen molar-refractivity contribution in [2.45, 2.75) is 20.0 Å². The van der Waals surface area contributed by atoms with E-state index in [1.165, 1.54) is 28.2 Å². The molecule has 1 saturated heterocycles. The lowest BCUT2D eigenvalue weighted by Gasteiger charge is -2.29. The third kappa shape index (κ3) is 5.38. The number of carbonyl (C=O) groups is 1. The highest BCUT2D eigenvalue weighted by molar-refractivity contribution is 5.76. The highest BCUT2D eigenvalue weighted by Gasteiger charge is 2.25. The summed E-state index contributed by atoms with van der Waals surface area (Å²) in [5, 5.41) is 2.94. The predicted octanol–water partition coefficient (Wildman–Crippen LogP) is -0.266. The van der Waals surface area contributed by atoms with E-state index in [9.17, 15) is 9.18 Å². The van der Waals surface area contributed by atoms with Gasteiger partial charge in [0, 0.05) is 12.1 Å². The second-order valence-electron chi connectivity index (χ2n) is 7.18. The Balaban J connectivity index is 1.38. The van der Waals surface area contributed by atoms with Crippen molar-refractivity contribution in [2.75, 3.05) is 32.7 Å². The van der Waals surface area contributed by atoms with E-state index in [0.29, 0.717) is 13.1 Å². The molecule has 138 valence electrons. The van der Waals surface area contributed by atoms with Gasteiger partial charge in [-0.1, -0.05) is 36.4 Å². The number of quaternary nitrogens is 2. The fourth-order valence-corrected chi connectivity index (χ4v) is 3.48. The molecule has 0 bridgehead atoms. The average Bonchev–Trinajstić information content (AvgIpc) is 2.65. The van der Waals surface area contributed by atoms with E-state index in [1.54, 1.807) is 17.0 Å². The predicted molar refractivity (Wildman–Crippen MR) is 99.4 cm³/mol. The fourth-order valence-electron chi connectivity index (χ4n) is 3.48. The zero-order valence-electron chi connectivity index (χ0n) is 15.4. The van der Waals surface area contributed by atoms with Crippen LogP contribution in [-0.2, 0) is 17.9 Å². The van der Waals surface area contributed by atoms with Crippen LogP contribution in [-0.4, -0.2) is 38.6 Å². The van der Waals surface area contributed by atoms with E-state index in [2.05, 4.69) is 36.5 Å². The summed E-state index contributed by atoms with van der Waals surface area (Å²) in [6.07, 6.45) is 0. The summed E-state index contributed by atoms with van der Waals surface area (Å²) in [4.78, 5) is 15.1. The van der Waals surface area contributed by atoms with Crippen molar-refractivity contribution in [2.24, 2.45) is 0 Å². The molecule has 5 heteroatoms. The van der Waals surface area contributed by atoms with Crippen LogP contribution in [0.2, 0.25) is 0 Å². The Morgan fingerprint density at radius 2 is 1.65 bits per heavy atom. The molecule has 1 aliphatic rings. The maximum absolute atomic E-state index is 12.9. The van der Waals surface area contributed by atoms with Crippen LogP contribution >= 0.6 is 0 Å². The second kappa shape index (κ2) is 8.92. The van der Waals surface area contributed by atoms with Gasteiger partial charge in [0.25, 0.3) is 5.91 Å².